The van der Waals surface area contributed by atoms with E-state index in [4.69, 9.17) is 9.73 Å². The fourth-order valence-electron chi connectivity index (χ4n) is 4.20. The summed E-state index contributed by atoms with van der Waals surface area (Å²) in [6.07, 6.45) is 5.10. The SMILES string of the molecule is C=CCOC(=O)C1=C(C)N=C2SC=C(CC(=O)NCc3ccncc3)N2C1c1ccc(C)cc1C. The highest BCUT2D eigenvalue weighted by Crippen LogP contribution is 2.45. The van der Waals surface area contributed by atoms with Crippen LogP contribution in [0.4, 0.5) is 0 Å². The second-order valence-electron chi connectivity index (χ2n) is 8.45. The van der Waals surface area contributed by atoms with Gasteiger partial charge in [0, 0.05) is 24.6 Å². The minimum Gasteiger partial charge on any atom is -0.458 e. The van der Waals surface area contributed by atoms with E-state index in [2.05, 4.69) is 22.9 Å². The maximum atomic E-state index is 13.2. The van der Waals surface area contributed by atoms with Crippen LogP contribution in [-0.2, 0) is 20.9 Å². The molecule has 0 saturated carbocycles. The third-order valence-electron chi connectivity index (χ3n) is 5.85. The van der Waals surface area contributed by atoms with E-state index in [1.165, 1.54) is 11.8 Å². The number of amides is 1. The number of ether oxygens (including phenoxy) is 1. The number of pyridine rings is 1. The normalized spacial score (nSPS) is 16.9. The topological polar surface area (TPSA) is 83.9 Å². The molecular weight excluding hydrogens is 460 g/mol. The molecule has 0 aliphatic carbocycles. The van der Waals surface area contributed by atoms with Crippen molar-refractivity contribution in [3.05, 3.63) is 100 Å². The van der Waals surface area contributed by atoms with Crippen LogP contribution in [0.25, 0.3) is 0 Å². The molecule has 2 aliphatic rings. The van der Waals surface area contributed by atoms with Crippen LogP contribution in [0.2, 0.25) is 0 Å². The van der Waals surface area contributed by atoms with Crippen molar-refractivity contribution in [1.82, 2.24) is 15.2 Å². The van der Waals surface area contributed by atoms with E-state index in [1.807, 2.05) is 55.3 Å². The number of hydrogen-bond acceptors (Lipinski definition) is 7. The lowest BCUT2D eigenvalue weighted by Gasteiger charge is -2.37. The quantitative estimate of drug-likeness (QED) is 0.428. The van der Waals surface area contributed by atoms with Crippen molar-refractivity contribution in [3.8, 4) is 0 Å². The molecule has 1 amide bonds. The standard InChI is InChI=1S/C27H28N4O3S/c1-5-12-34-26(33)24-19(4)30-27-31(25(24)22-7-6-17(2)13-18(22)3)21(16-35-27)14-23(32)29-15-20-8-10-28-11-9-20/h5-11,13,16,25H,1,12,14-15H2,2-4H3,(H,29,32). The summed E-state index contributed by atoms with van der Waals surface area (Å²) < 4.78 is 5.45. The number of amidine groups is 1. The molecular formula is C27H28N4O3S. The van der Waals surface area contributed by atoms with Gasteiger partial charge in [0.25, 0.3) is 0 Å². The Hall–Kier alpha value is -3.65. The lowest BCUT2D eigenvalue weighted by molar-refractivity contribution is -0.138. The molecule has 35 heavy (non-hydrogen) atoms. The minimum atomic E-state index is -0.449. The third-order valence-corrected chi connectivity index (χ3v) is 6.74. The Balaban J connectivity index is 1.64. The second kappa shape index (κ2) is 10.7. The molecule has 1 atom stereocenters. The Morgan fingerprint density at radius 3 is 2.69 bits per heavy atom. The van der Waals surface area contributed by atoms with E-state index >= 15 is 0 Å². The lowest BCUT2D eigenvalue weighted by atomic mass is 9.90. The molecule has 7 nitrogen and oxygen atoms in total. The number of carbonyl (C=O) groups is 2. The number of rotatable bonds is 8. The molecule has 1 unspecified atom stereocenters. The molecule has 3 heterocycles. The summed E-state index contributed by atoms with van der Waals surface area (Å²) in [6, 6.07) is 9.45. The number of fused-ring (bicyclic) bond motifs is 1. The summed E-state index contributed by atoms with van der Waals surface area (Å²) in [4.78, 5) is 36.7. The van der Waals surface area contributed by atoms with Gasteiger partial charge in [0.2, 0.25) is 5.91 Å². The van der Waals surface area contributed by atoms with E-state index in [1.54, 1.807) is 18.5 Å². The van der Waals surface area contributed by atoms with E-state index in [-0.39, 0.29) is 18.9 Å². The number of esters is 1. The van der Waals surface area contributed by atoms with Crippen LogP contribution in [0.1, 0.15) is 41.6 Å². The van der Waals surface area contributed by atoms with Crippen molar-refractivity contribution in [1.29, 1.82) is 0 Å². The van der Waals surface area contributed by atoms with Gasteiger partial charge < -0.3 is 15.0 Å². The van der Waals surface area contributed by atoms with E-state index < -0.39 is 12.0 Å². The summed E-state index contributed by atoms with van der Waals surface area (Å²) in [5, 5.41) is 5.65. The number of carbonyl (C=O) groups excluding carboxylic acids is 2. The zero-order chi connectivity index (χ0) is 24.9. The zero-order valence-corrected chi connectivity index (χ0v) is 20.9. The molecule has 0 spiro atoms. The van der Waals surface area contributed by atoms with Crippen molar-refractivity contribution < 1.29 is 14.3 Å². The molecule has 4 rings (SSSR count). The zero-order valence-electron chi connectivity index (χ0n) is 20.1. The molecule has 0 saturated heterocycles. The molecule has 0 fully saturated rings. The summed E-state index contributed by atoms with van der Waals surface area (Å²) in [7, 11) is 0. The number of nitrogens with zero attached hydrogens (tertiary/aromatic N) is 3. The first-order valence-electron chi connectivity index (χ1n) is 11.3. The number of aliphatic imine (C=N–C) groups is 1. The highest BCUT2D eigenvalue weighted by molar-refractivity contribution is 8.16. The first kappa shape index (κ1) is 24.5. The van der Waals surface area contributed by atoms with Crippen molar-refractivity contribution >= 4 is 28.8 Å². The smallest absolute Gasteiger partial charge is 0.338 e. The number of aryl methyl sites for hydroxylation is 2. The molecule has 1 aromatic carbocycles. The van der Waals surface area contributed by atoms with Gasteiger partial charge in [-0.25, -0.2) is 9.79 Å². The predicted octanol–water partition coefficient (Wildman–Crippen LogP) is 4.71. The third kappa shape index (κ3) is 5.38. The first-order valence-corrected chi connectivity index (χ1v) is 12.2. The molecule has 8 heteroatoms. The number of thioether (sulfide) groups is 1. The number of allylic oxidation sites excluding steroid dienone is 1. The van der Waals surface area contributed by atoms with Gasteiger partial charge >= 0.3 is 5.97 Å². The minimum absolute atomic E-state index is 0.112. The summed E-state index contributed by atoms with van der Waals surface area (Å²) in [5.74, 6) is -0.551. The Labute approximate surface area is 209 Å². The van der Waals surface area contributed by atoms with Crippen LogP contribution in [-0.4, -0.2) is 33.5 Å². The first-order chi connectivity index (χ1) is 16.9. The Kier molecular flexibility index (Phi) is 7.51. The highest BCUT2D eigenvalue weighted by atomic mass is 32.2. The van der Waals surface area contributed by atoms with Crippen LogP contribution in [0.3, 0.4) is 0 Å². The molecule has 180 valence electrons. The molecule has 2 aliphatic heterocycles. The van der Waals surface area contributed by atoms with Crippen molar-refractivity contribution in [2.45, 2.75) is 39.8 Å². The predicted molar refractivity (Wildman–Crippen MR) is 138 cm³/mol. The van der Waals surface area contributed by atoms with Crippen LogP contribution >= 0.6 is 11.8 Å². The van der Waals surface area contributed by atoms with Gasteiger partial charge in [-0.05, 0) is 55.0 Å². The summed E-state index contributed by atoms with van der Waals surface area (Å²) in [5.41, 5.74) is 5.99. The number of benzene rings is 1. The molecule has 1 aromatic heterocycles. The largest absolute Gasteiger partial charge is 0.458 e. The maximum Gasteiger partial charge on any atom is 0.338 e. The lowest BCUT2D eigenvalue weighted by Crippen LogP contribution is -2.38. The van der Waals surface area contributed by atoms with Gasteiger partial charge in [-0.3, -0.25) is 9.78 Å². The average molecular weight is 489 g/mol. The van der Waals surface area contributed by atoms with Gasteiger partial charge in [0.15, 0.2) is 5.17 Å². The van der Waals surface area contributed by atoms with Crippen LogP contribution in [0.5, 0.6) is 0 Å². The van der Waals surface area contributed by atoms with Crippen LogP contribution in [0.15, 0.2) is 82.7 Å². The Morgan fingerprint density at radius 1 is 1.20 bits per heavy atom. The number of aromatic nitrogens is 1. The monoisotopic (exact) mass is 488 g/mol. The van der Waals surface area contributed by atoms with Gasteiger partial charge in [0.05, 0.1) is 23.7 Å². The number of hydrogen-bond donors (Lipinski definition) is 1. The van der Waals surface area contributed by atoms with Gasteiger partial charge in [0.1, 0.15) is 6.61 Å². The Morgan fingerprint density at radius 2 is 1.97 bits per heavy atom. The van der Waals surface area contributed by atoms with E-state index in [9.17, 15) is 9.59 Å². The van der Waals surface area contributed by atoms with Gasteiger partial charge in [-0.1, -0.05) is 48.2 Å². The summed E-state index contributed by atoms with van der Waals surface area (Å²) in [6.45, 7) is 10.1. The van der Waals surface area contributed by atoms with Gasteiger partial charge in [-0.15, -0.1) is 0 Å². The maximum absolute atomic E-state index is 13.2. The Bertz CT molecular complexity index is 1250. The second-order valence-corrected chi connectivity index (χ2v) is 9.29. The van der Waals surface area contributed by atoms with E-state index in [0.29, 0.717) is 17.8 Å². The number of nitrogens with one attached hydrogen (secondary N) is 1. The molecule has 0 radical (unpaired) electrons. The average Bonchev–Trinajstić information content (AvgIpc) is 3.23. The molecule has 0 bridgehead atoms. The van der Waals surface area contributed by atoms with Crippen LogP contribution < -0.4 is 5.32 Å². The fraction of sp³-hybridized carbons (Fsp3) is 0.259. The molecule has 2 aromatic rings. The van der Waals surface area contributed by atoms with Crippen molar-refractivity contribution in [3.63, 3.8) is 0 Å². The van der Waals surface area contributed by atoms with Gasteiger partial charge in [-0.2, -0.15) is 0 Å². The van der Waals surface area contributed by atoms with E-state index in [0.717, 1.165) is 33.1 Å². The van der Waals surface area contributed by atoms with Crippen molar-refractivity contribution in [2.75, 3.05) is 6.61 Å². The highest BCUT2D eigenvalue weighted by Gasteiger charge is 2.41. The fourth-order valence-corrected chi connectivity index (χ4v) is 5.16. The van der Waals surface area contributed by atoms with Crippen molar-refractivity contribution in [2.24, 2.45) is 4.99 Å². The van der Waals surface area contributed by atoms with Crippen LogP contribution in [0, 0.1) is 13.8 Å². The summed E-state index contributed by atoms with van der Waals surface area (Å²) >= 11 is 1.46. The molecule has 1 N–H and O–H groups in total.